The third kappa shape index (κ3) is 4.99. The molecule has 0 aromatic heterocycles. The lowest BCUT2D eigenvalue weighted by Crippen LogP contribution is -2.27. The van der Waals surface area contributed by atoms with Gasteiger partial charge in [0.15, 0.2) is 11.6 Å². The molecular formula is C27H28N2O5S. The minimum absolute atomic E-state index is 0.0692. The van der Waals surface area contributed by atoms with Crippen LogP contribution in [0.5, 0.6) is 0 Å². The number of aryl methyl sites for hydroxylation is 1. The predicted molar refractivity (Wildman–Crippen MR) is 136 cm³/mol. The van der Waals surface area contributed by atoms with E-state index >= 15 is 0 Å². The van der Waals surface area contributed by atoms with E-state index in [-0.39, 0.29) is 28.5 Å². The molecule has 182 valence electrons. The molecule has 1 aliphatic rings. The molecule has 4 rings (SSSR count). The molecule has 0 spiro atoms. The molecule has 7 nitrogen and oxygen atoms in total. The first kappa shape index (κ1) is 24.6. The molecule has 0 radical (unpaired) electrons. The lowest BCUT2D eigenvalue weighted by atomic mass is 9.82. The Kier molecular flexibility index (Phi) is 6.78. The molecule has 1 aliphatic carbocycles. The lowest BCUT2D eigenvalue weighted by Gasteiger charge is -2.26. The van der Waals surface area contributed by atoms with E-state index in [1.165, 1.54) is 6.07 Å². The van der Waals surface area contributed by atoms with Crippen LogP contribution in [0.4, 0.5) is 11.4 Å². The van der Waals surface area contributed by atoms with Crippen LogP contribution in [0.2, 0.25) is 0 Å². The summed E-state index contributed by atoms with van der Waals surface area (Å²) in [4.78, 5) is 26.8. The van der Waals surface area contributed by atoms with Crippen LogP contribution >= 0.6 is 0 Å². The molecule has 0 fully saturated rings. The summed E-state index contributed by atoms with van der Waals surface area (Å²) < 4.78 is 32.9. The van der Waals surface area contributed by atoms with Gasteiger partial charge in [-0.05, 0) is 57.4 Å². The van der Waals surface area contributed by atoms with Crippen LogP contribution in [0.15, 0.2) is 65.6 Å². The first-order chi connectivity index (χ1) is 16.6. The van der Waals surface area contributed by atoms with Gasteiger partial charge in [-0.3, -0.25) is 14.1 Å². The highest BCUT2D eigenvalue weighted by molar-refractivity contribution is 7.85. The van der Waals surface area contributed by atoms with Crippen LogP contribution in [-0.4, -0.2) is 36.6 Å². The maximum atomic E-state index is 13.5. The van der Waals surface area contributed by atoms with Gasteiger partial charge >= 0.3 is 0 Å². The zero-order valence-corrected chi connectivity index (χ0v) is 20.6. The minimum atomic E-state index is -4.32. The number of carbonyl (C=O) groups is 2. The maximum absolute atomic E-state index is 13.5. The Labute approximate surface area is 205 Å². The first-order valence-corrected chi connectivity index (χ1v) is 13.0. The first-order valence-electron chi connectivity index (χ1n) is 11.5. The molecule has 3 N–H and O–H groups in total. The van der Waals surface area contributed by atoms with E-state index in [0.717, 1.165) is 0 Å². The third-order valence-electron chi connectivity index (χ3n) is 6.02. The van der Waals surface area contributed by atoms with Crippen molar-refractivity contribution in [3.05, 3.63) is 88.5 Å². The van der Waals surface area contributed by atoms with Crippen LogP contribution < -0.4 is 10.6 Å². The summed E-state index contributed by atoms with van der Waals surface area (Å²) in [5.74, 6) is -0.411. The molecule has 0 saturated carbocycles. The fraction of sp³-hybridized carbons (Fsp3) is 0.259. The molecule has 1 atom stereocenters. The van der Waals surface area contributed by atoms with Crippen LogP contribution in [0.25, 0.3) is 0 Å². The molecule has 0 bridgehead atoms. The van der Waals surface area contributed by atoms with Crippen molar-refractivity contribution in [1.29, 1.82) is 0 Å². The van der Waals surface area contributed by atoms with Gasteiger partial charge in [-0.1, -0.05) is 42.5 Å². The van der Waals surface area contributed by atoms with Crippen LogP contribution in [0.1, 0.15) is 64.6 Å². The SMILES string of the molecule is CC(C)Nc1ccc(NC(C)CCc2ccccc2S(=O)(=O)O)c2c1C(=O)c1ccccc1C2=O. The number of ketones is 2. The normalized spacial score (nSPS) is 13.9. The molecule has 0 amide bonds. The van der Waals surface area contributed by atoms with Crippen molar-refractivity contribution in [2.45, 2.75) is 50.6 Å². The minimum Gasteiger partial charge on any atom is -0.382 e. The van der Waals surface area contributed by atoms with E-state index in [9.17, 15) is 22.6 Å². The molecule has 0 heterocycles. The summed E-state index contributed by atoms with van der Waals surface area (Å²) in [6, 6.07) is 16.7. The van der Waals surface area contributed by atoms with Crippen molar-refractivity contribution < 1.29 is 22.6 Å². The Hall–Kier alpha value is -3.49. The van der Waals surface area contributed by atoms with Gasteiger partial charge in [-0.25, -0.2) is 0 Å². The highest BCUT2D eigenvalue weighted by Crippen LogP contribution is 2.37. The Morgan fingerprint density at radius 2 is 1.29 bits per heavy atom. The largest absolute Gasteiger partial charge is 0.382 e. The second-order valence-electron chi connectivity index (χ2n) is 9.08. The molecular weight excluding hydrogens is 464 g/mol. The molecule has 0 aliphatic heterocycles. The number of anilines is 2. The number of fused-ring (bicyclic) bond motifs is 2. The Balaban J connectivity index is 1.65. The Morgan fingerprint density at radius 3 is 1.83 bits per heavy atom. The summed E-state index contributed by atoms with van der Waals surface area (Å²) in [6.45, 7) is 5.86. The van der Waals surface area contributed by atoms with Crippen molar-refractivity contribution in [2.24, 2.45) is 0 Å². The average Bonchev–Trinajstić information content (AvgIpc) is 2.81. The number of carbonyl (C=O) groups excluding carboxylic acids is 2. The number of hydrogen-bond donors (Lipinski definition) is 3. The zero-order valence-electron chi connectivity index (χ0n) is 19.8. The van der Waals surface area contributed by atoms with Crippen LogP contribution in [0.3, 0.4) is 0 Å². The number of benzene rings is 3. The highest BCUT2D eigenvalue weighted by atomic mass is 32.2. The van der Waals surface area contributed by atoms with Crippen molar-refractivity contribution in [2.75, 3.05) is 10.6 Å². The number of rotatable bonds is 8. The van der Waals surface area contributed by atoms with Gasteiger partial charge in [-0.15, -0.1) is 0 Å². The molecule has 0 saturated heterocycles. The van der Waals surface area contributed by atoms with Crippen LogP contribution in [0, 0.1) is 0 Å². The topological polar surface area (TPSA) is 113 Å². The van der Waals surface area contributed by atoms with E-state index in [0.29, 0.717) is 52.0 Å². The molecule has 3 aromatic rings. The molecule has 35 heavy (non-hydrogen) atoms. The summed E-state index contributed by atoms with van der Waals surface area (Å²) in [7, 11) is -4.32. The highest BCUT2D eigenvalue weighted by Gasteiger charge is 2.34. The summed E-state index contributed by atoms with van der Waals surface area (Å²) in [5.41, 5.74) is 3.15. The van der Waals surface area contributed by atoms with Gasteiger partial charge in [0.05, 0.1) is 16.0 Å². The van der Waals surface area contributed by atoms with Gasteiger partial charge in [0, 0.05) is 34.6 Å². The quantitative estimate of drug-likeness (QED) is 0.298. The van der Waals surface area contributed by atoms with E-state index < -0.39 is 10.1 Å². The molecule has 8 heteroatoms. The van der Waals surface area contributed by atoms with E-state index in [1.807, 2.05) is 20.8 Å². The number of nitrogens with one attached hydrogen (secondary N) is 2. The van der Waals surface area contributed by atoms with Crippen molar-refractivity contribution in [3.63, 3.8) is 0 Å². The predicted octanol–water partition coefficient (Wildman–Crippen LogP) is 4.96. The summed E-state index contributed by atoms with van der Waals surface area (Å²) in [6.07, 6.45) is 0.932. The Morgan fingerprint density at radius 1 is 0.771 bits per heavy atom. The van der Waals surface area contributed by atoms with Gasteiger partial charge in [0.2, 0.25) is 0 Å². The smallest absolute Gasteiger partial charge is 0.294 e. The molecule has 1 unspecified atom stereocenters. The Bertz CT molecular complexity index is 1410. The van der Waals surface area contributed by atoms with Crippen molar-refractivity contribution in [3.8, 4) is 0 Å². The fourth-order valence-corrected chi connectivity index (χ4v) is 5.20. The molecule has 3 aromatic carbocycles. The third-order valence-corrected chi connectivity index (χ3v) is 6.97. The fourth-order valence-electron chi connectivity index (χ4n) is 4.45. The number of hydrogen-bond acceptors (Lipinski definition) is 6. The lowest BCUT2D eigenvalue weighted by molar-refractivity contribution is 0.0980. The van der Waals surface area contributed by atoms with E-state index in [1.54, 1.807) is 54.6 Å². The van der Waals surface area contributed by atoms with E-state index in [2.05, 4.69) is 10.6 Å². The van der Waals surface area contributed by atoms with E-state index in [4.69, 9.17) is 0 Å². The van der Waals surface area contributed by atoms with Gasteiger partial charge in [0.25, 0.3) is 10.1 Å². The average molecular weight is 493 g/mol. The summed E-state index contributed by atoms with van der Waals surface area (Å²) in [5, 5.41) is 6.63. The monoisotopic (exact) mass is 492 g/mol. The van der Waals surface area contributed by atoms with Gasteiger partial charge in [-0.2, -0.15) is 8.42 Å². The van der Waals surface area contributed by atoms with Crippen LogP contribution in [-0.2, 0) is 16.5 Å². The van der Waals surface area contributed by atoms with Crippen molar-refractivity contribution >= 4 is 33.1 Å². The van der Waals surface area contributed by atoms with Gasteiger partial charge < -0.3 is 10.6 Å². The standard InChI is InChI=1S/C27H28N2O5S/c1-16(2)28-21-14-15-22(25-24(21)26(30)19-9-5-6-10-20(19)27(25)31)29-17(3)12-13-18-8-4-7-11-23(18)35(32,33)34/h4-11,14-17,28-29H,12-13H2,1-3H3,(H,32,33,34). The second-order valence-corrected chi connectivity index (χ2v) is 10.5. The second kappa shape index (κ2) is 9.64. The van der Waals surface area contributed by atoms with Gasteiger partial charge in [0.1, 0.15) is 0 Å². The maximum Gasteiger partial charge on any atom is 0.294 e. The summed E-state index contributed by atoms with van der Waals surface area (Å²) >= 11 is 0. The zero-order chi connectivity index (χ0) is 25.3. The van der Waals surface area contributed by atoms with Crippen molar-refractivity contribution in [1.82, 2.24) is 0 Å².